The van der Waals surface area contributed by atoms with Crippen LogP contribution in [0, 0.1) is 11.3 Å². The smallest absolute Gasteiger partial charge is 0.206 e. The molecule has 0 amide bonds. The maximum atomic E-state index is 12.8. The summed E-state index contributed by atoms with van der Waals surface area (Å²) in [5, 5.41) is 8.66. The number of nitrogens with zero attached hydrogens (tertiary/aromatic N) is 1. The molecule has 1 aliphatic rings. The van der Waals surface area contributed by atoms with Gasteiger partial charge in [0, 0.05) is 10.9 Å². The average Bonchev–Trinajstić information content (AvgIpc) is 2.74. The molecule has 1 nitrogen and oxygen atoms in total. The lowest BCUT2D eigenvalue weighted by Gasteiger charge is -2.01. The number of hydrogen-bond acceptors (Lipinski definition) is 1. The fourth-order valence-electron chi connectivity index (χ4n) is 1.45. The van der Waals surface area contributed by atoms with Crippen LogP contribution < -0.4 is 0 Å². The highest BCUT2D eigenvalue weighted by molar-refractivity contribution is 9.10. The van der Waals surface area contributed by atoms with Crippen molar-refractivity contribution in [3.63, 3.8) is 0 Å². The largest absolute Gasteiger partial charge is 0.255 e. The van der Waals surface area contributed by atoms with Crippen LogP contribution in [-0.4, -0.2) is 5.92 Å². The van der Waals surface area contributed by atoms with E-state index in [-0.39, 0.29) is 6.42 Å². The van der Waals surface area contributed by atoms with Crippen molar-refractivity contribution in [1.29, 1.82) is 5.26 Å². The minimum atomic E-state index is -2.58. The van der Waals surface area contributed by atoms with Gasteiger partial charge >= 0.3 is 0 Å². The molecule has 0 aromatic heterocycles. The maximum absolute atomic E-state index is 12.8. The molecule has 0 N–H and O–H groups in total. The molecule has 0 heterocycles. The van der Waals surface area contributed by atoms with E-state index in [1.54, 1.807) is 12.1 Å². The topological polar surface area (TPSA) is 23.8 Å². The second kappa shape index (κ2) is 3.03. The van der Waals surface area contributed by atoms with Gasteiger partial charge in [-0.2, -0.15) is 5.26 Å². The van der Waals surface area contributed by atoms with Crippen LogP contribution in [-0.2, 0) is 0 Å². The lowest BCUT2D eigenvalue weighted by Crippen LogP contribution is -1.93. The minimum Gasteiger partial charge on any atom is -0.206 e. The summed E-state index contributed by atoms with van der Waals surface area (Å²) in [5.74, 6) is -3.28. The molecule has 1 atom stereocenters. The second-order valence-electron chi connectivity index (χ2n) is 3.40. The average molecular weight is 258 g/mol. The molecule has 0 saturated heterocycles. The van der Waals surface area contributed by atoms with E-state index < -0.39 is 11.8 Å². The highest BCUT2D eigenvalue weighted by Crippen LogP contribution is 2.56. The third-order valence-electron chi connectivity index (χ3n) is 2.28. The Morgan fingerprint density at radius 2 is 2.07 bits per heavy atom. The van der Waals surface area contributed by atoms with Gasteiger partial charge in [0.2, 0.25) is 0 Å². The summed E-state index contributed by atoms with van der Waals surface area (Å²) in [6.45, 7) is 0. The first kappa shape index (κ1) is 9.60. The van der Waals surface area contributed by atoms with Crippen LogP contribution >= 0.6 is 15.9 Å². The molecule has 0 aliphatic heterocycles. The molecule has 1 aliphatic carbocycles. The quantitative estimate of drug-likeness (QED) is 0.756. The second-order valence-corrected chi connectivity index (χ2v) is 4.32. The van der Waals surface area contributed by atoms with Crippen LogP contribution in [0.3, 0.4) is 0 Å². The van der Waals surface area contributed by atoms with Gasteiger partial charge in [0.15, 0.2) is 0 Å². The summed E-state index contributed by atoms with van der Waals surface area (Å²) >= 11 is 3.19. The molecule has 1 saturated carbocycles. The Morgan fingerprint density at radius 3 is 2.57 bits per heavy atom. The summed E-state index contributed by atoms with van der Waals surface area (Å²) in [6.07, 6.45) is -0.103. The van der Waals surface area contributed by atoms with Gasteiger partial charge in [-0.15, -0.1) is 0 Å². The summed E-state index contributed by atoms with van der Waals surface area (Å²) in [5.41, 5.74) is 0.956. The number of halogens is 3. The third-order valence-corrected chi connectivity index (χ3v) is 2.74. The summed E-state index contributed by atoms with van der Waals surface area (Å²) in [7, 11) is 0. The lowest BCUT2D eigenvalue weighted by molar-refractivity contribution is 0.112. The van der Waals surface area contributed by atoms with Crippen molar-refractivity contribution in [2.45, 2.75) is 18.3 Å². The molecule has 14 heavy (non-hydrogen) atoms. The van der Waals surface area contributed by atoms with Crippen LogP contribution in [0.25, 0.3) is 0 Å². The van der Waals surface area contributed by atoms with Crippen molar-refractivity contribution in [3.8, 4) is 6.07 Å². The molecular weight excluding hydrogens is 252 g/mol. The number of rotatable bonds is 1. The SMILES string of the molecule is N#Cc1cc(Br)cc(C2CC2(F)F)c1. The number of hydrogen-bond donors (Lipinski definition) is 0. The van der Waals surface area contributed by atoms with Crippen molar-refractivity contribution in [2.24, 2.45) is 0 Å². The molecule has 1 aromatic rings. The molecular formula is C10H6BrF2N. The van der Waals surface area contributed by atoms with Gasteiger partial charge in [-0.05, 0) is 23.8 Å². The Morgan fingerprint density at radius 1 is 1.43 bits per heavy atom. The molecule has 1 unspecified atom stereocenters. The summed E-state index contributed by atoms with van der Waals surface area (Å²) < 4.78 is 26.2. The van der Waals surface area contributed by atoms with E-state index in [1.807, 2.05) is 6.07 Å². The maximum Gasteiger partial charge on any atom is 0.255 e. The zero-order chi connectivity index (χ0) is 10.3. The highest BCUT2D eigenvalue weighted by Gasteiger charge is 2.57. The number of benzene rings is 1. The Hall–Kier alpha value is -0.950. The normalized spacial score (nSPS) is 22.9. The van der Waals surface area contributed by atoms with Crippen molar-refractivity contribution < 1.29 is 8.78 Å². The fraction of sp³-hybridized carbons (Fsp3) is 0.300. The van der Waals surface area contributed by atoms with E-state index in [9.17, 15) is 8.78 Å². The van der Waals surface area contributed by atoms with E-state index >= 15 is 0 Å². The molecule has 0 bridgehead atoms. The molecule has 2 rings (SSSR count). The predicted octanol–water partition coefficient (Wildman–Crippen LogP) is 3.44. The van der Waals surface area contributed by atoms with Crippen LogP contribution in [0.2, 0.25) is 0 Å². The highest BCUT2D eigenvalue weighted by atomic mass is 79.9. The van der Waals surface area contributed by atoms with Crippen molar-refractivity contribution >= 4 is 15.9 Å². The van der Waals surface area contributed by atoms with Gasteiger partial charge in [-0.3, -0.25) is 0 Å². The first-order valence-corrected chi connectivity index (χ1v) is 4.90. The van der Waals surface area contributed by atoms with Crippen molar-refractivity contribution in [3.05, 3.63) is 33.8 Å². The molecule has 72 valence electrons. The van der Waals surface area contributed by atoms with E-state index in [0.717, 1.165) is 0 Å². The third kappa shape index (κ3) is 1.64. The Kier molecular flexibility index (Phi) is 2.07. The van der Waals surface area contributed by atoms with Gasteiger partial charge in [0.05, 0.1) is 17.6 Å². The van der Waals surface area contributed by atoms with Crippen molar-refractivity contribution in [1.82, 2.24) is 0 Å². The first-order chi connectivity index (χ1) is 6.53. The lowest BCUT2D eigenvalue weighted by atomic mass is 10.1. The zero-order valence-corrected chi connectivity index (χ0v) is 8.68. The van der Waals surface area contributed by atoms with E-state index in [2.05, 4.69) is 15.9 Å². The standard InChI is InChI=1S/C10H6BrF2N/c11-8-2-6(5-14)1-7(3-8)9-4-10(9,12)13/h1-3,9H,4H2. The van der Waals surface area contributed by atoms with Gasteiger partial charge in [-0.1, -0.05) is 15.9 Å². The zero-order valence-electron chi connectivity index (χ0n) is 7.10. The van der Waals surface area contributed by atoms with E-state index in [1.165, 1.54) is 6.07 Å². The van der Waals surface area contributed by atoms with Crippen LogP contribution in [0.4, 0.5) is 8.78 Å². The van der Waals surface area contributed by atoms with Crippen molar-refractivity contribution in [2.75, 3.05) is 0 Å². The monoisotopic (exact) mass is 257 g/mol. The van der Waals surface area contributed by atoms with E-state index in [0.29, 0.717) is 15.6 Å². The minimum absolute atomic E-state index is 0.103. The van der Waals surface area contributed by atoms with Gasteiger partial charge < -0.3 is 0 Å². The first-order valence-electron chi connectivity index (χ1n) is 4.11. The molecule has 0 radical (unpaired) electrons. The predicted molar refractivity (Wildman–Crippen MR) is 51.2 cm³/mol. The summed E-state index contributed by atoms with van der Waals surface area (Å²) in [6, 6.07) is 6.73. The number of alkyl halides is 2. The molecule has 1 fully saturated rings. The van der Waals surface area contributed by atoms with Gasteiger partial charge in [0.25, 0.3) is 5.92 Å². The Bertz CT molecular complexity index is 423. The van der Waals surface area contributed by atoms with Gasteiger partial charge in [0.1, 0.15) is 0 Å². The fourth-order valence-corrected chi connectivity index (χ4v) is 1.96. The molecule has 4 heteroatoms. The number of nitriles is 1. The Labute approximate surface area is 88.5 Å². The van der Waals surface area contributed by atoms with Crippen LogP contribution in [0.1, 0.15) is 23.5 Å². The van der Waals surface area contributed by atoms with Crippen LogP contribution in [0.15, 0.2) is 22.7 Å². The van der Waals surface area contributed by atoms with Crippen LogP contribution in [0.5, 0.6) is 0 Å². The summed E-state index contributed by atoms with van der Waals surface area (Å²) in [4.78, 5) is 0. The molecule has 1 aromatic carbocycles. The molecule has 0 spiro atoms. The van der Waals surface area contributed by atoms with E-state index in [4.69, 9.17) is 5.26 Å². The Balaban J connectivity index is 2.37. The van der Waals surface area contributed by atoms with Gasteiger partial charge in [-0.25, -0.2) is 8.78 Å².